The summed E-state index contributed by atoms with van der Waals surface area (Å²) in [5.41, 5.74) is 1.27. The number of aromatic amines is 1. The summed E-state index contributed by atoms with van der Waals surface area (Å²) >= 11 is 8.84. The fourth-order valence-corrected chi connectivity index (χ4v) is 4.14. The van der Waals surface area contributed by atoms with Gasteiger partial charge in [-0.05, 0) is 29.6 Å². The Morgan fingerprint density at radius 1 is 1.10 bits per heavy atom. The molecule has 2 heterocycles. The molecule has 0 aliphatic rings. The topological polar surface area (TPSA) is 87.7 Å². The lowest BCUT2D eigenvalue weighted by molar-refractivity contribution is -0.113. The maximum absolute atomic E-state index is 12.9. The van der Waals surface area contributed by atoms with Crippen molar-refractivity contribution in [3.05, 3.63) is 82.2 Å². The van der Waals surface area contributed by atoms with Crippen molar-refractivity contribution in [1.29, 1.82) is 0 Å². The molecule has 0 bridgehead atoms. The van der Waals surface area contributed by atoms with E-state index in [4.69, 9.17) is 11.6 Å². The first kappa shape index (κ1) is 20.3. The smallest absolute Gasteiger partial charge is 0.234 e. The molecular formula is C21H15ClN4O2S2. The van der Waals surface area contributed by atoms with Crippen LogP contribution in [-0.2, 0) is 4.79 Å². The van der Waals surface area contributed by atoms with Crippen LogP contribution in [0.15, 0.2) is 71.2 Å². The van der Waals surface area contributed by atoms with Gasteiger partial charge < -0.3 is 5.32 Å². The third kappa shape index (κ3) is 4.79. The number of thioether (sulfide) groups is 1. The van der Waals surface area contributed by atoms with Gasteiger partial charge >= 0.3 is 0 Å². The molecule has 0 saturated carbocycles. The lowest BCUT2D eigenvalue weighted by Gasteiger charge is -2.11. The predicted octanol–water partition coefficient (Wildman–Crippen LogP) is 5.15. The molecular weight excluding hydrogens is 440 g/mol. The Labute approximate surface area is 185 Å². The van der Waals surface area contributed by atoms with Crippen molar-refractivity contribution < 1.29 is 9.59 Å². The molecule has 0 atom stereocenters. The van der Waals surface area contributed by atoms with E-state index in [9.17, 15) is 9.59 Å². The van der Waals surface area contributed by atoms with Crippen LogP contribution in [0.3, 0.4) is 0 Å². The Hall–Kier alpha value is -2.94. The van der Waals surface area contributed by atoms with Crippen LogP contribution in [0.2, 0.25) is 5.02 Å². The number of hydrogen-bond acceptors (Lipinski definition) is 6. The Bertz CT molecular complexity index is 1180. The van der Waals surface area contributed by atoms with Crippen LogP contribution >= 0.6 is 34.7 Å². The number of rotatable bonds is 7. The summed E-state index contributed by atoms with van der Waals surface area (Å²) in [5.74, 6) is 0.285. The number of carbonyl (C=O) groups excluding carboxylic acids is 2. The van der Waals surface area contributed by atoms with Gasteiger partial charge in [0.2, 0.25) is 11.1 Å². The predicted molar refractivity (Wildman–Crippen MR) is 120 cm³/mol. The molecule has 9 heteroatoms. The number of thiophene rings is 1. The van der Waals surface area contributed by atoms with Crippen LogP contribution in [0.5, 0.6) is 0 Å². The van der Waals surface area contributed by atoms with Crippen molar-refractivity contribution in [3.63, 3.8) is 0 Å². The van der Waals surface area contributed by atoms with Gasteiger partial charge in [-0.3, -0.25) is 14.7 Å². The van der Waals surface area contributed by atoms with E-state index in [1.807, 2.05) is 23.6 Å². The SMILES string of the molecule is O=C(CSc1n[nH]c(-c2cccs2)n1)Nc1ccc(Cl)cc1C(=O)c1ccccc1. The lowest BCUT2D eigenvalue weighted by atomic mass is 10.0. The first-order valence-corrected chi connectivity index (χ1v) is 11.1. The second kappa shape index (κ2) is 9.25. The van der Waals surface area contributed by atoms with E-state index in [0.29, 0.717) is 32.8 Å². The van der Waals surface area contributed by atoms with Gasteiger partial charge in [0.25, 0.3) is 0 Å². The standard InChI is InChI=1S/C21H15ClN4O2S2/c22-14-8-9-16(15(11-14)19(28)13-5-2-1-3-6-13)23-18(27)12-30-21-24-20(25-26-21)17-7-4-10-29-17/h1-11H,12H2,(H,23,27)(H,24,25,26). The number of halogens is 1. The van der Waals surface area contributed by atoms with Crippen molar-refractivity contribution >= 4 is 52.1 Å². The van der Waals surface area contributed by atoms with E-state index >= 15 is 0 Å². The van der Waals surface area contributed by atoms with Gasteiger partial charge in [-0.15, -0.1) is 16.4 Å². The molecule has 0 radical (unpaired) electrons. The number of amides is 1. The van der Waals surface area contributed by atoms with Crippen LogP contribution in [-0.4, -0.2) is 32.6 Å². The minimum Gasteiger partial charge on any atom is -0.325 e. The van der Waals surface area contributed by atoms with Gasteiger partial charge in [0.05, 0.1) is 16.3 Å². The van der Waals surface area contributed by atoms with Gasteiger partial charge in [-0.25, -0.2) is 4.98 Å². The summed E-state index contributed by atoms with van der Waals surface area (Å²) < 4.78 is 0. The third-order valence-corrected chi connectivity index (χ3v) is 6.05. The highest BCUT2D eigenvalue weighted by Crippen LogP contribution is 2.25. The molecule has 0 aliphatic carbocycles. The van der Waals surface area contributed by atoms with Gasteiger partial charge in [-0.1, -0.05) is 59.8 Å². The average Bonchev–Trinajstić information content (AvgIpc) is 3.45. The van der Waals surface area contributed by atoms with E-state index in [1.54, 1.807) is 53.8 Å². The quantitative estimate of drug-likeness (QED) is 0.298. The summed E-state index contributed by atoms with van der Waals surface area (Å²) in [6.45, 7) is 0. The van der Waals surface area contributed by atoms with Crippen molar-refractivity contribution in [2.75, 3.05) is 11.1 Å². The number of hydrogen-bond donors (Lipinski definition) is 2. The molecule has 30 heavy (non-hydrogen) atoms. The number of benzene rings is 2. The molecule has 4 aromatic rings. The van der Waals surface area contributed by atoms with Gasteiger partial charge in [0.1, 0.15) is 0 Å². The van der Waals surface area contributed by atoms with E-state index < -0.39 is 0 Å². The van der Waals surface area contributed by atoms with Crippen molar-refractivity contribution in [3.8, 4) is 10.7 Å². The van der Waals surface area contributed by atoms with Gasteiger partial charge in [0.15, 0.2) is 11.6 Å². The summed E-state index contributed by atoms with van der Waals surface area (Å²) in [6, 6.07) is 17.5. The number of nitrogens with one attached hydrogen (secondary N) is 2. The Morgan fingerprint density at radius 2 is 1.93 bits per heavy atom. The van der Waals surface area contributed by atoms with E-state index in [-0.39, 0.29) is 17.4 Å². The Kier molecular flexibility index (Phi) is 6.27. The number of carbonyl (C=O) groups is 2. The molecule has 0 unspecified atom stereocenters. The number of aromatic nitrogens is 3. The molecule has 0 spiro atoms. The zero-order valence-corrected chi connectivity index (χ0v) is 17.9. The molecule has 2 N–H and O–H groups in total. The normalized spacial score (nSPS) is 10.7. The molecule has 2 aromatic heterocycles. The molecule has 4 rings (SSSR count). The van der Waals surface area contributed by atoms with Crippen molar-refractivity contribution in [2.24, 2.45) is 0 Å². The van der Waals surface area contributed by atoms with Crippen LogP contribution in [0.25, 0.3) is 10.7 Å². The van der Waals surface area contributed by atoms with Crippen molar-refractivity contribution in [2.45, 2.75) is 5.16 Å². The maximum atomic E-state index is 12.9. The lowest BCUT2D eigenvalue weighted by Crippen LogP contribution is -2.17. The minimum absolute atomic E-state index is 0.101. The van der Waals surface area contributed by atoms with Crippen LogP contribution in [0, 0.1) is 0 Å². The average molecular weight is 455 g/mol. The number of ketones is 1. The summed E-state index contributed by atoms with van der Waals surface area (Å²) in [6.07, 6.45) is 0. The molecule has 6 nitrogen and oxygen atoms in total. The van der Waals surface area contributed by atoms with Crippen LogP contribution < -0.4 is 5.32 Å². The van der Waals surface area contributed by atoms with E-state index in [1.165, 1.54) is 11.8 Å². The van der Waals surface area contributed by atoms with Gasteiger partial charge in [-0.2, -0.15) is 0 Å². The second-order valence-electron chi connectivity index (χ2n) is 6.17. The van der Waals surface area contributed by atoms with Crippen molar-refractivity contribution in [1.82, 2.24) is 15.2 Å². The second-order valence-corrected chi connectivity index (χ2v) is 8.49. The summed E-state index contributed by atoms with van der Waals surface area (Å²) in [5, 5.41) is 12.6. The first-order chi connectivity index (χ1) is 14.6. The maximum Gasteiger partial charge on any atom is 0.234 e. The molecule has 0 aliphatic heterocycles. The highest BCUT2D eigenvalue weighted by atomic mass is 35.5. The largest absolute Gasteiger partial charge is 0.325 e. The zero-order chi connectivity index (χ0) is 20.9. The Morgan fingerprint density at radius 3 is 2.70 bits per heavy atom. The number of nitrogens with zero attached hydrogens (tertiary/aromatic N) is 2. The van der Waals surface area contributed by atoms with E-state index in [2.05, 4.69) is 20.5 Å². The molecule has 0 saturated heterocycles. The number of anilines is 1. The monoisotopic (exact) mass is 454 g/mol. The van der Waals surface area contributed by atoms with Crippen LogP contribution in [0.1, 0.15) is 15.9 Å². The minimum atomic E-state index is -0.271. The summed E-state index contributed by atoms with van der Waals surface area (Å²) in [7, 11) is 0. The molecule has 0 fully saturated rings. The molecule has 2 aromatic carbocycles. The van der Waals surface area contributed by atoms with Gasteiger partial charge in [0, 0.05) is 16.1 Å². The highest BCUT2D eigenvalue weighted by molar-refractivity contribution is 7.99. The fraction of sp³-hybridized carbons (Fsp3) is 0.0476. The fourth-order valence-electron chi connectivity index (χ4n) is 2.71. The highest BCUT2D eigenvalue weighted by Gasteiger charge is 2.17. The third-order valence-electron chi connectivity index (χ3n) is 4.09. The first-order valence-electron chi connectivity index (χ1n) is 8.88. The van der Waals surface area contributed by atoms with E-state index in [0.717, 1.165) is 4.88 Å². The molecule has 150 valence electrons. The van der Waals surface area contributed by atoms with Crippen LogP contribution in [0.4, 0.5) is 5.69 Å². The number of H-pyrrole nitrogens is 1. The zero-order valence-electron chi connectivity index (χ0n) is 15.5. The molecule has 1 amide bonds. The summed E-state index contributed by atoms with van der Waals surface area (Å²) in [4.78, 5) is 30.7. The Balaban J connectivity index is 1.44.